The van der Waals surface area contributed by atoms with Gasteiger partial charge >= 0.3 is 5.97 Å². The van der Waals surface area contributed by atoms with Gasteiger partial charge in [0.15, 0.2) is 0 Å². The number of carbonyl (C=O) groups is 1. The van der Waals surface area contributed by atoms with Gasteiger partial charge in [0.25, 0.3) is 0 Å². The van der Waals surface area contributed by atoms with E-state index in [1.54, 1.807) is 13.0 Å². The quantitative estimate of drug-likeness (QED) is 0.715. The summed E-state index contributed by atoms with van der Waals surface area (Å²) in [5.74, 6) is -0.140. The summed E-state index contributed by atoms with van der Waals surface area (Å²) in [5, 5.41) is 3.91. The van der Waals surface area contributed by atoms with Crippen molar-refractivity contribution >= 4 is 23.3 Å². The maximum Gasteiger partial charge on any atom is 0.353 e. The summed E-state index contributed by atoms with van der Waals surface area (Å²) in [7, 11) is 0. The van der Waals surface area contributed by atoms with Gasteiger partial charge in [0, 0.05) is 12.0 Å². The molecule has 16 heavy (non-hydrogen) atoms. The highest BCUT2D eigenvalue weighted by atomic mass is 35.5. The van der Waals surface area contributed by atoms with E-state index in [-0.39, 0.29) is 12.5 Å². The molecular weight excluding hydrogens is 230 g/mol. The van der Waals surface area contributed by atoms with Crippen molar-refractivity contribution in [1.82, 2.24) is 0 Å². The average Bonchev–Trinajstić information content (AvgIpc) is 2.63. The molecule has 1 rings (SSSR count). The maximum atomic E-state index is 11.7. The first-order valence-corrected chi connectivity index (χ1v) is 5.60. The van der Waals surface area contributed by atoms with E-state index in [2.05, 4.69) is 5.16 Å². The number of oxime groups is 1. The van der Waals surface area contributed by atoms with Gasteiger partial charge in [0.05, 0.1) is 5.71 Å². The number of carbonyl (C=O) groups excluding carboxylic acids is 1. The molecule has 0 aromatic rings. The Hall–Kier alpha value is -1.03. The first-order chi connectivity index (χ1) is 7.49. The molecule has 0 spiro atoms. The highest BCUT2D eigenvalue weighted by Crippen LogP contribution is 2.27. The summed E-state index contributed by atoms with van der Waals surface area (Å²) in [6.45, 7) is 5.85. The predicted molar refractivity (Wildman–Crippen MR) is 62.3 cm³/mol. The zero-order chi connectivity index (χ0) is 12.2. The topological polar surface area (TPSA) is 47.9 Å². The molecule has 1 unspecified atom stereocenters. The fourth-order valence-electron chi connectivity index (χ4n) is 1.30. The molecule has 1 aliphatic rings. The van der Waals surface area contributed by atoms with Crippen LogP contribution in [0.4, 0.5) is 0 Å². The van der Waals surface area contributed by atoms with E-state index in [1.165, 1.54) is 5.54 Å². The minimum Gasteiger partial charge on any atom is -0.458 e. The zero-order valence-electron chi connectivity index (χ0n) is 9.70. The highest BCUT2D eigenvalue weighted by molar-refractivity contribution is 6.25. The Kier molecular flexibility index (Phi) is 4.35. The van der Waals surface area contributed by atoms with Crippen molar-refractivity contribution in [3.8, 4) is 0 Å². The standard InChI is InChI=1S/C11H16ClNO3/c1-8(2)9-7-11(3,16-13-9)10(14)15-6-4-5-12/h4-5,8H,6-7H2,1-3H3/b5-4+. The van der Waals surface area contributed by atoms with Gasteiger partial charge in [-0.1, -0.05) is 30.6 Å². The summed E-state index contributed by atoms with van der Waals surface area (Å²) >= 11 is 5.32. The van der Waals surface area contributed by atoms with Crippen molar-refractivity contribution in [3.63, 3.8) is 0 Å². The second-order valence-corrected chi connectivity index (χ2v) is 4.45. The van der Waals surface area contributed by atoms with E-state index in [0.717, 1.165) is 5.71 Å². The van der Waals surface area contributed by atoms with Crippen molar-refractivity contribution in [2.24, 2.45) is 11.1 Å². The van der Waals surface area contributed by atoms with E-state index in [0.29, 0.717) is 6.42 Å². The van der Waals surface area contributed by atoms with Crippen molar-refractivity contribution in [2.75, 3.05) is 6.61 Å². The average molecular weight is 246 g/mol. The molecule has 1 atom stereocenters. The van der Waals surface area contributed by atoms with Gasteiger partial charge in [-0.3, -0.25) is 0 Å². The number of hydrogen-bond acceptors (Lipinski definition) is 4. The molecule has 1 heterocycles. The van der Waals surface area contributed by atoms with Crippen LogP contribution in [0.2, 0.25) is 0 Å². The van der Waals surface area contributed by atoms with Crippen molar-refractivity contribution in [1.29, 1.82) is 0 Å². The number of nitrogens with zero attached hydrogens (tertiary/aromatic N) is 1. The zero-order valence-corrected chi connectivity index (χ0v) is 10.5. The Morgan fingerprint density at radius 1 is 1.75 bits per heavy atom. The van der Waals surface area contributed by atoms with E-state index >= 15 is 0 Å². The van der Waals surface area contributed by atoms with Gasteiger partial charge < -0.3 is 9.57 Å². The molecule has 0 saturated carbocycles. The molecule has 0 saturated heterocycles. The van der Waals surface area contributed by atoms with Crippen LogP contribution in [0.1, 0.15) is 27.2 Å². The number of esters is 1. The highest BCUT2D eigenvalue weighted by Gasteiger charge is 2.43. The van der Waals surface area contributed by atoms with Crippen molar-refractivity contribution in [2.45, 2.75) is 32.8 Å². The monoisotopic (exact) mass is 245 g/mol. The lowest BCUT2D eigenvalue weighted by Crippen LogP contribution is -2.37. The van der Waals surface area contributed by atoms with Crippen LogP contribution in [-0.2, 0) is 14.4 Å². The lowest BCUT2D eigenvalue weighted by Gasteiger charge is -2.18. The van der Waals surface area contributed by atoms with Crippen LogP contribution < -0.4 is 0 Å². The number of halogens is 1. The molecule has 0 amide bonds. The summed E-state index contributed by atoms with van der Waals surface area (Å²) in [4.78, 5) is 16.9. The van der Waals surface area contributed by atoms with Gasteiger partial charge in [-0.05, 0) is 18.9 Å². The van der Waals surface area contributed by atoms with Crippen molar-refractivity contribution < 1.29 is 14.4 Å². The van der Waals surface area contributed by atoms with Crippen LogP contribution in [0.25, 0.3) is 0 Å². The molecule has 0 radical (unpaired) electrons. The molecule has 1 aliphatic heterocycles. The largest absolute Gasteiger partial charge is 0.458 e. The van der Waals surface area contributed by atoms with E-state index in [4.69, 9.17) is 21.2 Å². The molecule has 0 bridgehead atoms. The normalized spacial score (nSPS) is 24.7. The third-order valence-corrected chi connectivity index (χ3v) is 2.56. The smallest absolute Gasteiger partial charge is 0.353 e. The second-order valence-electron chi connectivity index (χ2n) is 4.20. The Morgan fingerprint density at radius 3 is 2.94 bits per heavy atom. The molecular formula is C11H16ClNO3. The molecule has 90 valence electrons. The molecule has 0 N–H and O–H groups in total. The second kappa shape index (κ2) is 5.34. The minimum absolute atomic E-state index is 0.151. The maximum absolute atomic E-state index is 11.7. The molecule has 0 aromatic carbocycles. The van der Waals surface area contributed by atoms with Crippen LogP contribution in [0.5, 0.6) is 0 Å². The predicted octanol–water partition coefficient (Wildman–Crippen LogP) is 2.47. The molecule has 0 aliphatic carbocycles. The van der Waals surface area contributed by atoms with Gasteiger partial charge in [-0.15, -0.1) is 0 Å². The fraction of sp³-hybridized carbons (Fsp3) is 0.636. The van der Waals surface area contributed by atoms with E-state index in [9.17, 15) is 4.79 Å². The van der Waals surface area contributed by atoms with Crippen LogP contribution in [0.15, 0.2) is 16.8 Å². The molecule has 4 nitrogen and oxygen atoms in total. The fourth-order valence-corrected chi connectivity index (χ4v) is 1.37. The van der Waals surface area contributed by atoms with Crippen LogP contribution in [-0.4, -0.2) is 23.9 Å². The summed E-state index contributed by atoms with van der Waals surface area (Å²) < 4.78 is 4.99. The number of hydrogen-bond donors (Lipinski definition) is 0. The molecule has 0 aromatic heterocycles. The van der Waals surface area contributed by atoms with Gasteiger partial charge in [-0.25, -0.2) is 4.79 Å². The molecule has 0 fully saturated rings. The Balaban J connectivity index is 2.52. The van der Waals surface area contributed by atoms with Crippen LogP contribution in [0.3, 0.4) is 0 Å². The molecule has 5 heteroatoms. The van der Waals surface area contributed by atoms with Gasteiger partial charge in [0.2, 0.25) is 5.60 Å². The first kappa shape index (κ1) is 13.0. The first-order valence-electron chi connectivity index (χ1n) is 5.17. The van der Waals surface area contributed by atoms with Gasteiger partial charge in [-0.2, -0.15) is 0 Å². The lowest BCUT2D eigenvalue weighted by atomic mass is 9.94. The van der Waals surface area contributed by atoms with E-state index < -0.39 is 11.6 Å². The third-order valence-electron chi connectivity index (χ3n) is 2.38. The van der Waals surface area contributed by atoms with Crippen LogP contribution >= 0.6 is 11.6 Å². The Bertz CT molecular complexity index is 325. The van der Waals surface area contributed by atoms with Gasteiger partial charge in [0.1, 0.15) is 6.61 Å². The summed E-state index contributed by atoms with van der Waals surface area (Å²) in [6.07, 6.45) is 2.02. The van der Waals surface area contributed by atoms with Crippen molar-refractivity contribution in [3.05, 3.63) is 11.6 Å². The SMILES string of the molecule is CC(C)C1=NOC(C)(C(=O)OC/C=C/Cl)C1. The minimum atomic E-state index is -0.986. The lowest BCUT2D eigenvalue weighted by molar-refractivity contribution is -0.165. The number of rotatable bonds is 4. The Labute approximate surface area is 100 Å². The number of ether oxygens (including phenoxy) is 1. The van der Waals surface area contributed by atoms with E-state index in [1.807, 2.05) is 13.8 Å². The summed E-state index contributed by atoms with van der Waals surface area (Å²) in [6, 6.07) is 0. The third kappa shape index (κ3) is 2.98. The Morgan fingerprint density at radius 2 is 2.44 bits per heavy atom. The summed E-state index contributed by atoms with van der Waals surface area (Å²) in [5.41, 5.74) is 1.20. The van der Waals surface area contributed by atoms with Crippen LogP contribution in [0, 0.1) is 5.92 Å².